The van der Waals surface area contributed by atoms with Crippen molar-refractivity contribution in [3.05, 3.63) is 82.5 Å². The molecular formula is C28H30F2N6O2. The van der Waals surface area contributed by atoms with E-state index in [0.717, 1.165) is 44.1 Å². The summed E-state index contributed by atoms with van der Waals surface area (Å²) in [6, 6.07) is 13.8. The number of piperazine rings is 1. The van der Waals surface area contributed by atoms with Crippen LogP contribution in [-0.2, 0) is 13.0 Å². The van der Waals surface area contributed by atoms with Crippen LogP contribution in [-0.4, -0.2) is 68.6 Å². The van der Waals surface area contributed by atoms with Crippen molar-refractivity contribution in [1.82, 2.24) is 24.9 Å². The zero-order chi connectivity index (χ0) is 26.4. The molecule has 4 heterocycles. The van der Waals surface area contributed by atoms with Gasteiger partial charge in [-0.25, -0.2) is 13.6 Å². The average molecular weight is 521 g/mol. The summed E-state index contributed by atoms with van der Waals surface area (Å²) in [5, 5.41) is 9.73. The number of benzene rings is 2. The molecule has 10 heteroatoms. The third kappa shape index (κ3) is 4.32. The molecule has 8 nitrogen and oxygen atoms in total. The molecule has 38 heavy (non-hydrogen) atoms. The molecule has 0 aliphatic carbocycles. The quantitative estimate of drug-likeness (QED) is 0.537. The summed E-state index contributed by atoms with van der Waals surface area (Å²) in [6.45, 7) is 4.80. The van der Waals surface area contributed by atoms with Gasteiger partial charge in [0.15, 0.2) is 17.5 Å². The summed E-state index contributed by atoms with van der Waals surface area (Å²) in [6.07, 6.45) is 3.02. The molecule has 3 aliphatic rings. The Bertz CT molecular complexity index is 1360. The fraction of sp³-hybridized carbons (Fsp3) is 0.393. The Hall–Kier alpha value is -3.79. The van der Waals surface area contributed by atoms with Crippen LogP contribution >= 0.6 is 0 Å². The van der Waals surface area contributed by atoms with Gasteiger partial charge in [-0.15, -0.1) is 0 Å². The largest absolute Gasteiger partial charge is 0.321 e. The first-order valence-corrected chi connectivity index (χ1v) is 13.1. The smallest absolute Gasteiger partial charge is 0.318 e. The Morgan fingerprint density at radius 3 is 2.71 bits per heavy atom. The number of amides is 3. The number of aromatic nitrogens is 2. The number of hydrogen-bond acceptors (Lipinski definition) is 4. The fourth-order valence-corrected chi connectivity index (χ4v) is 6.09. The highest BCUT2D eigenvalue weighted by molar-refractivity contribution is 6.04. The van der Waals surface area contributed by atoms with E-state index in [4.69, 9.17) is 0 Å². The number of urea groups is 1. The van der Waals surface area contributed by atoms with E-state index < -0.39 is 23.1 Å². The molecule has 2 saturated heterocycles. The van der Waals surface area contributed by atoms with Crippen LogP contribution in [0, 0.1) is 11.6 Å². The van der Waals surface area contributed by atoms with Crippen molar-refractivity contribution >= 4 is 17.8 Å². The van der Waals surface area contributed by atoms with Gasteiger partial charge in [0.2, 0.25) is 0 Å². The van der Waals surface area contributed by atoms with Gasteiger partial charge in [-0.05, 0) is 50.4 Å². The fourth-order valence-electron chi connectivity index (χ4n) is 6.09. The normalized spacial score (nSPS) is 22.9. The lowest BCUT2D eigenvalue weighted by Gasteiger charge is -2.45. The minimum Gasteiger partial charge on any atom is -0.318 e. The number of nitrogens with one attached hydrogen (secondary N) is 2. The van der Waals surface area contributed by atoms with E-state index in [2.05, 4.69) is 32.5 Å². The van der Waals surface area contributed by atoms with E-state index in [1.165, 1.54) is 17.7 Å². The third-order valence-corrected chi connectivity index (χ3v) is 8.14. The summed E-state index contributed by atoms with van der Waals surface area (Å²) in [5.74, 6) is -2.88. The first-order valence-electron chi connectivity index (χ1n) is 13.1. The molecule has 2 aromatic carbocycles. The maximum atomic E-state index is 14.2. The number of halogens is 2. The second-order valence-corrected chi connectivity index (χ2v) is 10.4. The molecule has 0 spiro atoms. The molecule has 198 valence electrons. The Morgan fingerprint density at radius 1 is 1.08 bits per heavy atom. The van der Waals surface area contributed by atoms with Crippen molar-refractivity contribution in [2.45, 2.75) is 50.9 Å². The highest BCUT2D eigenvalue weighted by Gasteiger charge is 2.43. The van der Waals surface area contributed by atoms with Gasteiger partial charge in [0, 0.05) is 24.7 Å². The number of aromatic amines is 1. The molecule has 0 saturated carbocycles. The van der Waals surface area contributed by atoms with Gasteiger partial charge < -0.3 is 15.1 Å². The van der Waals surface area contributed by atoms with E-state index in [9.17, 15) is 18.4 Å². The predicted octanol–water partition coefficient (Wildman–Crippen LogP) is 4.33. The highest BCUT2D eigenvalue weighted by atomic mass is 19.2. The lowest BCUT2D eigenvalue weighted by atomic mass is 10.00. The van der Waals surface area contributed by atoms with Crippen LogP contribution in [0.4, 0.5) is 19.4 Å². The lowest BCUT2D eigenvalue weighted by Crippen LogP contribution is -2.60. The van der Waals surface area contributed by atoms with Gasteiger partial charge in [0.05, 0.1) is 29.9 Å². The minimum absolute atomic E-state index is 0.0389. The number of rotatable bonds is 4. The van der Waals surface area contributed by atoms with Gasteiger partial charge in [-0.2, -0.15) is 5.10 Å². The predicted molar refractivity (Wildman–Crippen MR) is 137 cm³/mol. The van der Waals surface area contributed by atoms with E-state index in [1.807, 2.05) is 30.0 Å². The summed E-state index contributed by atoms with van der Waals surface area (Å²) in [7, 11) is 0. The number of carbonyl (C=O) groups excluding carboxylic acids is 2. The third-order valence-electron chi connectivity index (χ3n) is 8.14. The maximum Gasteiger partial charge on any atom is 0.321 e. The molecule has 3 atom stereocenters. The van der Waals surface area contributed by atoms with Crippen LogP contribution in [0.5, 0.6) is 0 Å². The number of nitrogens with zero attached hydrogens (tertiary/aromatic N) is 4. The van der Waals surface area contributed by atoms with Crippen LogP contribution in [0.15, 0.2) is 48.5 Å². The van der Waals surface area contributed by atoms with Crippen LogP contribution < -0.4 is 5.32 Å². The second-order valence-electron chi connectivity index (χ2n) is 10.4. The van der Waals surface area contributed by atoms with Gasteiger partial charge >= 0.3 is 6.03 Å². The molecule has 0 bridgehead atoms. The monoisotopic (exact) mass is 520 g/mol. The van der Waals surface area contributed by atoms with E-state index in [0.29, 0.717) is 18.2 Å². The van der Waals surface area contributed by atoms with Crippen LogP contribution in [0.1, 0.15) is 53.0 Å². The lowest BCUT2D eigenvalue weighted by molar-refractivity contribution is 0.0517. The molecule has 3 aromatic rings. The van der Waals surface area contributed by atoms with Crippen LogP contribution in [0.3, 0.4) is 0 Å². The Balaban J connectivity index is 1.21. The van der Waals surface area contributed by atoms with Crippen LogP contribution in [0.2, 0.25) is 0 Å². The molecular weight excluding hydrogens is 490 g/mol. The first-order chi connectivity index (χ1) is 18.4. The van der Waals surface area contributed by atoms with Gasteiger partial charge in [-0.1, -0.05) is 36.4 Å². The average Bonchev–Trinajstić information content (AvgIpc) is 3.62. The van der Waals surface area contributed by atoms with Gasteiger partial charge in [-0.3, -0.25) is 14.8 Å². The van der Waals surface area contributed by atoms with Crippen molar-refractivity contribution < 1.29 is 18.4 Å². The number of anilines is 1. The Kier molecular flexibility index (Phi) is 6.35. The molecule has 2 N–H and O–H groups in total. The van der Waals surface area contributed by atoms with Crippen molar-refractivity contribution in [3.8, 4) is 0 Å². The van der Waals surface area contributed by atoms with Gasteiger partial charge in [0.25, 0.3) is 5.91 Å². The van der Waals surface area contributed by atoms with Gasteiger partial charge in [0.1, 0.15) is 0 Å². The molecule has 6 rings (SSSR count). The summed E-state index contributed by atoms with van der Waals surface area (Å²) in [4.78, 5) is 33.0. The standard InChI is InChI=1S/C28H30F2N6O2/c1-17-25-22(26(33-32-25)31-27(37)21-10-5-11-23(29)24(21)30)16-35(17)28(38)36-15-19-9-6-12-34(19)14-20(36)13-18-7-3-2-4-8-18/h2-5,7-8,10-11,17,19-20H,6,9,12-16H2,1H3,(H2,31,32,33,37)/t17?,19-,20-/m0/s1. The van der Waals surface area contributed by atoms with E-state index >= 15 is 0 Å². The minimum atomic E-state index is -1.21. The van der Waals surface area contributed by atoms with Crippen molar-refractivity contribution in [2.75, 3.05) is 25.0 Å². The first kappa shape index (κ1) is 24.5. The molecule has 1 aromatic heterocycles. The molecule has 3 aliphatic heterocycles. The van der Waals surface area contributed by atoms with Crippen molar-refractivity contribution in [3.63, 3.8) is 0 Å². The number of carbonyl (C=O) groups is 2. The van der Waals surface area contributed by atoms with Crippen molar-refractivity contribution in [1.29, 1.82) is 0 Å². The van der Waals surface area contributed by atoms with E-state index in [1.54, 1.807) is 4.90 Å². The van der Waals surface area contributed by atoms with E-state index in [-0.39, 0.29) is 30.5 Å². The summed E-state index contributed by atoms with van der Waals surface area (Å²) >= 11 is 0. The molecule has 2 fully saturated rings. The zero-order valence-corrected chi connectivity index (χ0v) is 21.2. The topological polar surface area (TPSA) is 84.6 Å². The molecule has 0 radical (unpaired) electrons. The highest BCUT2D eigenvalue weighted by Crippen LogP contribution is 2.38. The number of H-pyrrole nitrogens is 1. The Morgan fingerprint density at radius 2 is 1.89 bits per heavy atom. The summed E-state index contributed by atoms with van der Waals surface area (Å²) in [5.41, 5.74) is 2.20. The van der Waals surface area contributed by atoms with Crippen LogP contribution in [0.25, 0.3) is 0 Å². The molecule has 1 unspecified atom stereocenters. The number of hydrogen-bond donors (Lipinski definition) is 2. The maximum absolute atomic E-state index is 14.2. The SMILES string of the molecule is CC1c2[nH]nc(NC(=O)c3cccc(F)c3F)c2CN1C(=O)N1C[C@@H]2CCCN2C[C@@H]1Cc1ccccc1. The number of fused-ring (bicyclic) bond motifs is 2. The second kappa shape index (κ2) is 9.83. The summed E-state index contributed by atoms with van der Waals surface area (Å²) < 4.78 is 27.8. The molecule has 3 amide bonds. The zero-order valence-electron chi connectivity index (χ0n) is 21.2. The Labute approximate surface area is 219 Å². The van der Waals surface area contributed by atoms with Crippen molar-refractivity contribution in [2.24, 2.45) is 0 Å².